The second kappa shape index (κ2) is 7.18. The van der Waals surface area contributed by atoms with Gasteiger partial charge in [0.05, 0.1) is 5.56 Å². The van der Waals surface area contributed by atoms with Gasteiger partial charge in [0.1, 0.15) is 0 Å². The lowest BCUT2D eigenvalue weighted by Gasteiger charge is -2.30. The predicted molar refractivity (Wildman–Crippen MR) is 99.3 cm³/mol. The van der Waals surface area contributed by atoms with Crippen LogP contribution in [0.15, 0.2) is 46.9 Å². The lowest BCUT2D eigenvalue weighted by Crippen LogP contribution is -2.31. The average molecular weight is 373 g/mol. The summed E-state index contributed by atoms with van der Waals surface area (Å²) in [4.78, 5) is 15.1. The van der Waals surface area contributed by atoms with Crippen molar-refractivity contribution in [2.75, 3.05) is 23.3 Å². The van der Waals surface area contributed by atoms with Gasteiger partial charge in [-0.1, -0.05) is 33.6 Å². The number of nitrogens with one attached hydrogen (secondary N) is 1. The Balaban J connectivity index is 1.86. The molecule has 120 valence electrons. The number of nitrogens with zero attached hydrogens (tertiary/aromatic N) is 1. The molecule has 1 amide bonds. The highest BCUT2D eigenvalue weighted by molar-refractivity contribution is 9.10. The summed E-state index contributed by atoms with van der Waals surface area (Å²) in [6.07, 6.45) is 3.65. The first-order chi connectivity index (χ1) is 11.1. The van der Waals surface area contributed by atoms with Gasteiger partial charge >= 0.3 is 0 Å². The maximum atomic E-state index is 12.8. The van der Waals surface area contributed by atoms with Crippen molar-refractivity contribution in [1.82, 2.24) is 0 Å². The van der Waals surface area contributed by atoms with Gasteiger partial charge in [0.15, 0.2) is 0 Å². The number of carbonyl (C=O) groups excluding carboxylic acids is 1. The third kappa shape index (κ3) is 3.94. The highest BCUT2D eigenvalue weighted by Gasteiger charge is 2.19. The zero-order valence-electron chi connectivity index (χ0n) is 13.3. The number of hydrogen-bond acceptors (Lipinski definition) is 2. The third-order valence-electron chi connectivity index (χ3n) is 4.21. The molecular weight excluding hydrogens is 352 g/mol. The first-order valence-electron chi connectivity index (χ1n) is 8.06. The molecule has 1 saturated heterocycles. The summed E-state index contributed by atoms with van der Waals surface area (Å²) in [5.41, 5.74) is 3.75. The van der Waals surface area contributed by atoms with Crippen molar-refractivity contribution in [2.45, 2.75) is 26.2 Å². The molecule has 0 saturated carbocycles. The minimum Gasteiger partial charge on any atom is -0.371 e. The van der Waals surface area contributed by atoms with E-state index in [0.29, 0.717) is 0 Å². The number of piperidine rings is 1. The van der Waals surface area contributed by atoms with E-state index in [1.807, 2.05) is 49.4 Å². The van der Waals surface area contributed by atoms with Gasteiger partial charge in [-0.2, -0.15) is 0 Å². The molecule has 0 spiro atoms. The molecule has 1 fully saturated rings. The van der Waals surface area contributed by atoms with Crippen molar-refractivity contribution in [3.05, 3.63) is 58.1 Å². The van der Waals surface area contributed by atoms with Crippen molar-refractivity contribution in [3.8, 4) is 0 Å². The smallest absolute Gasteiger partial charge is 0.257 e. The van der Waals surface area contributed by atoms with Gasteiger partial charge in [-0.15, -0.1) is 0 Å². The Bertz CT molecular complexity index is 691. The first kappa shape index (κ1) is 16.1. The SMILES string of the molecule is Cc1ccc(NC(=O)c2cc(Br)ccc2N2CCCCC2)cc1. The summed E-state index contributed by atoms with van der Waals surface area (Å²) < 4.78 is 0.923. The molecule has 1 heterocycles. The molecule has 0 atom stereocenters. The van der Waals surface area contributed by atoms with Gasteiger partial charge in [-0.05, 0) is 56.5 Å². The molecule has 3 nitrogen and oxygen atoms in total. The number of halogens is 1. The van der Waals surface area contributed by atoms with Crippen LogP contribution >= 0.6 is 15.9 Å². The molecule has 2 aromatic carbocycles. The Hall–Kier alpha value is -1.81. The van der Waals surface area contributed by atoms with E-state index in [-0.39, 0.29) is 5.91 Å². The van der Waals surface area contributed by atoms with Gasteiger partial charge in [-0.3, -0.25) is 4.79 Å². The molecule has 0 unspecified atom stereocenters. The molecule has 2 aromatic rings. The molecule has 0 radical (unpaired) electrons. The van der Waals surface area contributed by atoms with E-state index >= 15 is 0 Å². The van der Waals surface area contributed by atoms with Crippen molar-refractivity contribution in [1.29, 1.82) is 0 Å². The zero-order chi connectivity index (χ0) is 16.2. The minimum atomic E-state index is -0.0595. The van der Waals surface area contributed by atoms with Crippen LogP contribution in [0.25, 0.3) is 0 Å². The summed E-state index contributed by atoms with van der Waals surface area (Å²) in [7, 11) is 0. The fourth-order valence-electron chi connectivity index (χ4n) is 2.94. The van der Waals surface area contributed by atoms with Gasteiger partial charge in [-0.25, -0.2) is 0 Å². The third-order valence-corrected chi connectivity index (χ3v) is 4.70. The van der Waals surface area contributed by atoms with E-state index in [1.54, 1.807) is 0 Å². The molecule has 0 bridgehead atoms. The van der Waals surface area contributed by atoms with Crippen LogP contribution in [-0.4, -0.2) is 19.0 Å². The van der Waals surface area contributed by atoms with E-state index in [2.05, 4.69) is 26.1 Å². The largest absolute Gasteiger partial charge is 0.371 e. The van der Waals surface area contributed by atoms with Gasteiger partial charge in [0, 0.05) is 28.9 Å². The number of aryl methyl sites for hydroxylation is 1. The first-order valence-corrected chi connectivity index (χ1v) is 8.85. The van der Waals surface area contributed by atoms with Crippen LogP contribution in [-0.2, 0) is 0 Å². The second-order valence-corrected chi connectivity index (χ2v) is 6.95. The van der Waals surface area contributed by atoms with Crippen molar-refractivity contribution >= 4 is 33.2 Å². The maximum absolute atomic E-state index is 12.8. The number of carbonyl (C=O) groups is 1. The van der Waals surface area contributed by atoms with Gasteiger partial charge in [0.2, 0.25) is 0 Å². The van der Waals surface area contributed by atoms with E-state index in [0.717, 1.165) is 34.5 Å². The molecule has 0 aliphatic carbocycles. The Morgan fingerprint density at radius 2 is 1.74 bits per heavy atom. The van der Waals surface area contributed by atoms with Crippen LogP contribution in [0.4, 0.5) is 11.4 Å². The predicted octanol–water partition coefficient (Wildman–Crippen LogP) is 5.00. The Kier molecular flexibility index (Phi) is 5.01. The van der Waals surface area contributed by atoms with Gasteiger partial charge < -0.3 is 10.2 Å². The lowest BCUT2D eigenvalue weighted by atomic mass is 10.1. The summed E-state index contributed by atoms with van der Waals surface area (Å²) in [5, 5.41) is 3.01. The molecule has 1 N–H and O–H groups in total. The summed E-state index contributed by atoms with van der Waals surface area (Å²) in [5.74, 6) is -0.0595. The number of benzene rings is 2. The Morgan fingerprint density at radius 1 is 1.04 bits per heavy atom. The van der Waals surface area contributed by atoms with Crippen molar-refractivity contribution < 1.29 is 4.79 Å². The number of amides is 1. The molecule has 0 aromatic heterocycles. The average Bonchev–Trinajstić information content (AvgIpc) is 2.57. The van der Waals surface area contributed by atoms with Crippen LogP contribution in [0.2, 0.25) is 0 Å². The molecular formula is C19H21BrN2O. The maximum Gasteiger partial charge on any atom is 0.257 e. The minimum absolute atomic E-state index is 0.0595. The zero-order valence-corrected chi connectivity index (χ0v) is 14.9. The summed E-state index contributed by atoms with van der Waals surface area (Å²) in [6, 6.07) is 13.8. The fourth-order valence-corrected chi connectivity index (χ4v) is 3.30. The normalized spacial score (nSPS) is 14.6. The summed E-state index contributed by atoms with van der Waals surface area (Å²) >= 11 is 3.49. The van der Waals surface area contributed by atoms with E-state index in [9.17, 15) is 4.79 Å². The highest BCUT2D eigenvalue weighted by Crippen LogP contribution is 2.28. The standard InChI is InChI=1S/C19H21BrN2O/c1-14-5-8-16(9-6-14)21-19(23)17-13-15(20)7-10-18(17)22-11-3-2-4-12-22/h5-10,13H,2-4,11-12H2,1H3,(H,21,23). The van der Waals surface area contributed by atoms with Crippen molar-refractivity contribution in [3.63, 3.8) is 0 Å². The highest BCUT2D eigenvalue weighted by atomic mass is 79.9. The molecule has 3 rings (SSSR count). The Morgan fingerprint density at radius 3 is 2.43 bits per heavy atom. The monoisotopic (exact) mass is 372 g/mol. The molecule has 23 heavy (non-hydrogen) atoms. The van der Waals surface area contributed by atoms with Crippen LogP contribution in [0.5, 0.6) is 0 Å². The quantitative estimate of drug-likeness (QED) is 0.821. The number of rotatable bonds is 3. The van der Waals surface area contributed by atoms with Crippen molar-refractivity contribution in [2.24, 2.45) is 0 Å². The lowest BCUT2D eigenvalue weighted by molar-refractivity contribution is 0.102. The van der Waals surface area contributed by atoms with Crippen LogP contribution in [0.3, 0.4) is 0 Å². The number of hydrogen-bond donors (Lipinski definition) is 1. The Labute approximate surface area is 145 Å². The number of anilines is 2. The molecule has 1 aliphatic rings. The van der Waals surface area contributed by atoms with Crippen LogP contribution < -0.4 is 10.2 Å². The fraction of sp³-hybridized carbons (Fsp3) is 0.316. The van der Waals surface area contributed by atoms with Crippen LogP contribution in [0.1, 0.15) is 35.2 Å². The molecule has 4 heteroatoms. The summed E-state index contributed by atoms with van der Waals surface area (Å²) in [6.45, 7) is 4.08. The van der Waals surface area contributed by atoms with Crippen LogP contribution in [0, 0.1) is 6.92 Å². The molecule has 1 aliphatic heterocycles. The van der Waals surface area contributed by atoms with E-state index < -0.39 is 0 Å². The van der Waals surface area contributed by atoms with E-state index in [4.69, 9.17) is 0 Å². The topological polar surface area (TPSA) is 32.3 Å². The second-order valence-electron chi connectivity index (χ2n) is 6.03. The van der Waals surface area contributed by atoms with Gasteiger partial charge in [0.25, 0.3) is 5.91 Å². The van der Waals surface area contributed by atoms with E-state index in [1.165, 1.54) is 24.8 Å².